The molecule has 10 aliphatic rings. The summed E-state index contributed by atoms with van der Waals surface area (Å²) in [7, 11) is 0. The maximum Gasteiger partial charge on any atom is 0.187 e. The summed E-state index contributed by atoms with van der Waals surface area (Å²) >= 11 is 0. The fourth-order valence-electron chi connectivity index (χ4n) is 18.6. The number of aliphatic hydroxyl groups is 12. The standard InChI is InChI=1S/C60H102O23/c1-9-11-21-73-53(74-22-12-10-2)55(5)19-20-59-29-77-60(36(59)23-55)18-14-35-56(6)16-15-38(54(3,4)34(56)13-17-57(35,7)58(60,8)24-37(59)64)81-51-47(83-50-46(72)43(69)40(66)31(25-61)78-50)42(68)33(28-76-51)80-52-48(44(70)41(67)32(26-62)79-52)82-49-45(71)39(65)30(63)27-75-49/h30-53,61-72H,9-29H2,1-8H3. The minimum absolute atomic E-state index is 0.130. The van der Waals surface area contributed by atoms with Crippen molar-refractivity contribution in [1.82, 2.24) is 0 Å². The molecule has 5 aliphatic heterocycles. The Hall–Kier alpha value is -0.920. The molecule has 29 unspecified atom stereocenters. The van der Waals surface area contributed by atoms with Crippen molar-refractivity contribution in [3.63, 3.8) is 0 Å². The SMILES string of the molecule is CCCCOC(OCCCC)C1(C)CCC23COC4(CCC5C6(C)CCC(OC7OCC(OC8OC(CO)C(O)C(O)C8OC8OCC(O)C(O)C8O)C(O)C7OC7OC(CO)C(O)C(O)C7O)C(C)(C)C6CCC5(C)C4(C)CC2O)C3C1. The third-order valence-corrected chi connectivity index (χ3v) is 23.8. The fourth-order valence-corrected chi connectivity index (χ4v) is 18.6. The average molecular weight is 1190 g/mol. The highest BCUT2D eigenvalue weighted by Gasteiger charge is 2.80. The van der Waals surface area contributed by atoms with E-state index in [9.17, 15) is 61.3 Å². The van der Waals surface area contributed by atoms with E-state index in [2.05, 4.69) is 55.4 Å². The van der Waals surface area contributed by atoms with Gasteiger partial charge in [0.15, 0.2) is 31.5 Å². The Bertz CT molecular complexity index is 2150. The molecule has 5 saturated carbocycles. The highest BCUT2D eigenvalue weighted by molar-refractivity contribution is 5.28. The van der Waals surface area contributed by atoms with Crippen LogP contribution in [0.2, 0.25) is 0 Å². The van der Waals surface area contributed by atoms with Gasteiger partial charge in [-0.2, -0.15) is 0 Å². The van der Waals surface area contributed by atoms with E-state index >= 15 is 0 Å². The molecule has 0 aromatic rings. The van der Waals surface area contributed by atoms with Crippen LogP contribution in [0.5, 0.6) is 0 Å². The van der Waals surface area contributed by atoms with E-state index in [0.717, 1.165) is 77.0 Å². The molecule has 0 aromatic carbocycles. The maximum absolute atomic E-state index is 12.7. The van der Waals surface area contributed by atoms with E-state index in [0.29, 0.717) is 32.7 Å². The molecule has 0 amide bonds. The van der Waals surface area contributed by atoms with Crippen LogP contribution in [0.3, 0.4) is 0 Å². The lowest BCUT2D eigenvalue weighted by atomic mass is 9.30. The molecule has 10 fully saturated rings. The van der Waals surface area contributed by atoms with Crippen LogP contribution in [0.1, 0.15) is 145 Å². The number of aliphatic hydroxyl groups excluding tert-OH is 12. The first-order chi connectivity index (χ1) is 39.3. The topological polar surface area (TPSA) is 344 Å². The van der Waals surface area contributed by atoms with Gasteiger partial charge in [0.1, 0.15) is 85.5 Å². The number of fused-ring (bicyclic) bond motifs is 4. The Morgan fingerprint density at radius 2 is 1.13 bits per heavy atom. The van der Waals surface area contributed by atoms with Crippen LogP contribution in [0, 0.1) is 50.2 Å². The molecule has 23 nitrogen and oxygen atoms in total. The molecular weight excluding hydrogens is 1090 g/mol. The zero-order chi connectivity index (χ0) is 60.0. The molecule has 2 bridgehead atoms. The van der Waals surface area contributed by atoms with E-state index in [1.54, 1.807) is 0 Å². The first-order valence-electron chi connectivity index (χ1n) is 31.3. The summed E-state index contributed by atoms with van der Waals surface area (Å²) in [4.78, 5) is 0. The first kappa shape index (κ1) is 65.0. The number of hydrogen-bond acceptors (Lipinski definition) is 23. The molecule has 0 radical (unpaired) electrons. The molecule has 1 spiro atoms. The molecule has 480 valence electrons. The number of rotatable bonds is 19. The van der Waals surface area contributed by atoms with Crippen molar-refractivity contribution in [2.24, 2.45) is 50.2 Å². The van der Waals surface area contributed by atoms with Crippen LogP contribution in [0.25, 0.3) is 0 Å². The number of unbranched alkanes of at least 4 members (excludes halogenated alkanes) is 2. The van der Waals surface area contributed by atoms with Crippen LogP contribution >= 0.6 is 0 Å². The molecule has 23 heteroatoms. The highest BCUT2D eigenvalue weighted by Crippen LogP contribution is 2.81. The van der Waals surface area contributed by atoms with Gasteiger partial charge in [0, 0.05) is 29.5 Å². The molecule has 83 heavy (non-hydrogen) atoms. The van der Waals surface area contributed by atoms with Crippen molar-refractivity contribution < 1.29 is 113 Å². The van der Waals surface area contributed by atoms with Crippen LogP contribution in [0.4, 0.5) is 0 Å². The normalized spacial score (nSPS) is 53.2. The molecule has 29 atom stereocenters. The molecule has 5 heterocycles. The smallest absolute Gasteiger partial charge is 0.187 e. The van der Waals surface area contributed by atoms with Gasteiger partial charge < -0.3 is 113 Å². The Labute approximate surface area is 488 Å². The quantitative estimate of drug-likeness (QED) is 0.0485. The second kappa shape index (κ2) is 24.7. The van der Waals surface area contributed by atoms with Crippen molar-refractivity contribution in [1.29, 1.82) is 0 Å². The van der Waals surface area contributed by atoms with Crippen LogP contribution in [0.15, 0.2) is 0 Å². The fraction of sp³-hybridized carbons (Fsp3) is 1.00. The van der Waals surface area contributed by atoms with E-state index in [-0.39, 0.29) is 51.1 Å². The van der Waals surface area contributed by atoms with Crippen molar-refractivity contribution in [3.8, 4) is 0 Å². The summed E-state index contributed by atoms with van der Waals surface area (Å²) in [5.74, 6) is 0.529. The average Bonchev–Trinajstić information content (AvgIpc) is 2.03. The summed E-state index contributed by atoms with van der Waals surface area (Å²) in [6, 6.07) is 0. The second-order valence-electron chi connectivity index (χ2n) is 28.5. The minimum atomic E-state index is -1.89. The summed E-state index contributed by atoms with van der Waals surface area (Å²) in [5, 5.41) is 132. The molecule has 5 saturated heterocycles. The summed E-state index contributed by atoms with van der Waals surface area (Å²) in [6.45, 7) is 17.9. The summed E-state index contributed by atoms with van der Waals surface area (Å²) in [6.07, 6.45) is -19.0. The van der Waals surface area contributed by atoms with Crippen molar-refractivity contribution in [2.45, 2.75) is 280 Å². The predicted molar refractivity (Wildman–Crippen MR) is 290 cm³/mol. The van der Waals surface area contributed by atoms with Crippen LogP contribution in [-0.4, -0.2) is 242 Å². The Morgan fingerprint density at radius 1 is 0.530 bits per heavy atom. The van der Waals surface area contributed by atoms with Gasteiger partial charge in [0.25, 0.3) is 0 Å². The van der Waals surface area contributed by atoms with E-state index in [1.165, 1.54) is 0 Å². The van der Waals surface area contributed by atoms with E-state index in [1.807, 2.05) is 0 Å². The second-order valence-corrected chi connectivity index (χ2v) is 28.5. The first-order valence-corrected chi connectivity index (χ1v) is 31.3. The number of hydrogen-bond donors (Lipinski definition) is 12. The van der Waals surface area contributed by atoms with Gasteiger partial charge in [-0.05, 0) is 111 Å². The van der Waals surface area contributed by atoms with Crippen molar-refractivity contribution in [3.05, 3.63) is 0 Å². The Morgan fingerprint density at radius 3 is 1.80 bits per heavy atom. The van der Waals surface area contributed by atoms with Gasteiger partial charge in [-0.3, -0.25) is 0 Å². The Kier molecular flexibility index (Phi) is 19.4. The van der Waals surface area contributed by atoms with Gasteiger partial charge in [-0.1, -0.05) is 68.2 Å². The lowest BCUT2D eigenvalue weighted by Crippen LogP contribution is -2.74. The summed E-state index contributed by atoms with van der Waals surface area (Å²) in [5.41, 5.74) is -2.29. The molecular formula is C60H102O23. The molecule has 5 aliphatic carbocycles. The van der Waals surface area contributed by atoms with Crippen molar-refractivity contribution >= 4 is 0 Å². The zero-order valence-corrected chi connectivity index (χ0v) is 50.1. The van der Waals surface area contributed by atoms with E-state index in [4.69, 9.17) is 52.1 Å². The van der Waals surface area contributed by atoms with Gasteiger partial charge >= 0.3 is 0 Å². The summed E-state index contributed by atoms with van der Waals surface area (Å²) < 4.78 is 69.8. The monoisotopic (exact) mass is 1190 g/mol. The molecule has 12 N–H and O–H groups in total. The largest absolute Gasteiger partial charge is 0.394 e. The van der Waals surface area contributed by atoms with Crippen molar-refractivity contribution in [2.75, 3.05) is 46.2 Å². The van der Waals surface area contributed by atoms with Gasteiger partial charge in [0.2, 0.25) is 0 Å². The third kappa shape index (κ3) is 10.8. The third-order valence-electron chi connectivity index (χ3n) is 23.8. The highest BCUT2D eigenvalue weighted by atomic mass is 16.8. The molecule has 0 aromatic heterocycles. The zero-order valence-electron chi connectivity index (χ0n) is 50.1. The minimum Gasteiger partial charge on any atom is -0.394 e. The van der Waals surface area contributed by atoms with Gasteiger partial charge in [-0.15, -0.1) is 0 Å². The lowest BCUT2D eigenvalue weighted by molar-refractivity contribution is -0.392. The molecule has 10 rings (SSSR count). The number of ether oxygens (including phenoxy) is 11. The maximum atomic E-state index is 12.7. The Balaban J connectivity index is 0.891. The lowest BCUT2D eigenvalue weighted by Gasteiger charge is -2.75. The van der Waals surface area contributed by atoms with Gasteiger partial charge in [0.05, 0.1) is 50.8 Å². The van der Waals surface area contributed by atoms with Crippen LogP contribution < -0.4 is 0 Å². The van der Waals surface area contributed by atoms with Crippen LogP contribution in [-0.2, 0) is 52.1 Å². The van der Waals surface area contributed by atoms with Gasteiger partial charge in [-0.25, -0.2) is 0 Å². The van der Waals surface area contributed by atoms with E-state index < -0.39 is 160 Å². The predicted octanol–water partition coefficient (Wildman–Crippen LogP) is 0.867.